The maximum atomic E-state index is 13.5. The van der Waals surface area contributed by atoms with Gasteiger partial charge in [-0.25, -0.2) is 9.59 Å². The summed E-state index contributed by atoms with van der Waals surface area (Å²) in [5.41, 5.74) is -0.945. The number of urea groups is 1. The molecule has 1 saturated carbocycles. The highest BCUT2D eigenvalue weighted by Gasteiger charge is 2.70. The third-order valence-corrected chi connectivity index (χ3v) is 5.95. The summed E-state index contributed by atoms with van der Waals surface area (Å²) in [5.74, 6) is -0.308. The molecule has 1 heterocycles. The van der Waals surface area contributed by atoms with Gasteiger partial charge in [0.2, 0.25) is 5.91 Å². The lowest BCUT2D eigenvalue weighted by atomic mass is 9.85. The van der Waals surface area contributed by atoms with Crippen molar-refractivity contribution >= 4 is 17.9 Å². The highest BCUT2D eigenvalue weighted by atomic mass is 16.5. The van der Waals surface area contributed by atoms with Crippen molar-refractivity contribution in [3.63, 3.8) is 0 Å². The zero-order valence-electron chi connectivity index (χ0n) is 19.1. The predicted molar refractivity (Wildman–Crippen MR) is 112 cm³/mol. The molecule has 3 unspecified atom stereocenters. The summed E-state index contributed by atoms with van der Waals surface area (Å²) in [6.07, 6.45) is 1.52. The molecular weight excluding hydrogens is 370 g/mol. The quantitative estimate of drug-likeness (QED) is 0.542. The molecule has 2 aliphatic rings. The van der Waals surface area contributed by atoms with Crippen molar-refractivity contribution in [1.82, 2.24) is 15.5 Å². The van der Waals surface area contributed by atoms with Gasteiger partial charge in [-0.1, -0.05) is 47.3 Å². The van der Waals surface area contributed by atoms with E-state index in [9.17, 15) is 14.4 Å². The van der Waals surface area contributed by atoms with Gasteiger partial charge in [0, 0.05) is 18.0 Å². The Labute approximate surface area is 174 Å². The second-order valence-electron chi connectivity index (χ2n) is 11.0. The highest BCUT2D eigenvalue weighted by molar-refractivity contribution is 5.92. The molecule has 7 nitrogen and oxygen atoms in total. The molecule has 2 fully saturated rings. The van der Waals surface area contributed by atoms with Crippen molar-refractivity contribution in [2.45, 2.75) is 73.0 Å². The van der Waals surface area contributed by atoms with Crippen LogP contribution in [0.1, 0.15) is 55.4 Å². The minimum Gasteiger partial charge on any atom is -0.460 e. The number of rotatable bonds is 5. The first-order chi connectivity index (χ1) is 13.1. The molecule has 0 radical (unpaired) electrons. The molecule has 0 aromatic carbocycles. The molecule has 164 valence electrons. The summed E-state index contributed by atoms with van der Waals surface area (Å²) in [6, 6.07) is -1.79. The number of ether oxygens (including phenoxy) is 1. The van der Waals surface area contributed by atoms with E-state index in [-0.39, 0.29) is 29.8 Å². The Morgan fingerprint density at radius 2 is 1.79 bits per heavy atom. The van der Waals surface area contributed by atoms with E-state index in [1.54, 1.807) is 4.90 Å². The van der Waals surface area contributed by atoms with Crippen LogP contribution >= 0.6 is 0 Å². The molecule has 1 saturated heterocycles. The number of nitrogens with zero attached hydrogens (tertiary/aromatic N) is 1. The van der Waals surface area contributed by atoms with Crippen molar-refractivity contribution in [3.8, 4) is 0 Å². The number of hydrogen-bond acceptors (Lipinski definition) is 4. The van der Waals surface area contributed by atoms with Gasteiger partial charge in [0.1, 0.15) is 18.7 Å². The van der Waals surface area contributed by atoms with E-state index >= 15 is 0 Å². The van der Waals surface area contributed by atoms with Crippen LogP contribution in [-0.4, -0.2) is 53.6 Å². The minimum absolute atomic E-state index is 0.00289. The third-order valence-electron chi connectivity index (χ3n) is 5.95. The first kappa shape index (κ1) is 23.2. The van der Waals surface area contributed by atoms with Gasteiger partial charge in [0.25, 0.3) is 0 Å². The lowest BCUT2D eigenvalue weighted by Gasteiger charge is -2.37. The largest absolute Gasteiger partial charge is 0.460 e. The van der Waals surface area contributed by atoms with Crippen molar-refractivity contribution in [3.05, 3.63) is 12.7 Å². The van der Waals surface area contributed by atoms with Crippen LogP contribution in [-0.2, 0) is 14.3 Å². The van der Waals surface area contributed by atoms with Crippen LogP contribution in [0.5, 0.6) is 0 Å². The number of nitrogens with one attached hydrogen (secondary N) is 2. The van der Waals surface area contributed by atoms with Crippen molar-refractivity contribution in [2.75, 3.05) is 13.2 Å². The molecule has 2 N–H and O–H groups in total. The molecule has 4 atom stereocenters. The van der Waals surface area contributed by atoms with E-state index in [0.29, 0.717) is 6.54 Å². The van der Waals surface area contributed by atoms with Crippen LogP contribution in [0.25, 0.3) is 0 Å². The summed E-state index contributed by atoms with van der Waals surface area (Å²) < 4.78 is 5.31. The SMILES string of the molecule is C=CCOC(=O)C1C2C(CN1C(=O)[C@@H](NC(=O)NC(C)(C)C)C(C)(C)C)C2(C)C. The van der Waals surface area contributed by atoms with Crippen molar-refractivity contribution in [1.29, 1.82) is 0 Å². The summed E-state index contributed by atoms with van der Waals surface area (Å²) in [5, 5.41) is 5.67. The first-order valence-corrected chi connectivity index (χ1v) is 10.3. The summed E-state index contributed by atoms with van der Waals surface area (Å²) in [6.45, 7) is 19.8. The van der Waals surface area contributed by atoms with E-state index in [2.05, 4.69) is 31.1 Å². The Bertz CT molecular complexity index is 687. The Kier molecular flexibility index (Phi) is 6.13. The molecule has 0 bridgehead atoms. The molecular formula is C22H37N3O4. The Morgan fingerprint density at radius 3 is 2.28 bits per heavy atom. The van der Waals surface area contributed by atoms with Crippen molar-refractivity contribution in [2.24, 2.45) is 22.7 Å². The van der Waals surface area contributed by atoms with Gasteiger partial charge in [-0.05, 0) is 37.5 Å². The fourth-order valence-corrected chi connectivity index (χ4v) is 4.33. The van der Waals surface area contributed by atoms with E-state index < -0.39 is 35.0 Å². The fourth-order valence-electron chi connectivity index (χ4n) is 4.33. The van der Waals surface area contributed by atoms with Gasteiger partial charge in [-0.3, -0.25) is 4.79 Å². The Morgan fingerprint density at radius 1 is 1.21 bits per heavy atom. The average Bonchev–Trinajstić information content (AvgIpc) is 2.92. The standard InChI is InChI=1S/C22H37N3O4/c1-10-11-29-18(27)15-14-13(22(14,8)9)12-25(15)17(26)16(20(2,3)4)23-19(28)24-21(5,6)7/h10,13-16H,1,11-12H2,2-9H3,(H2,23,24,28)/t13?,14?,15?,16-/m1/s1. The van der Waals surface area contributed by atoms with E-state index in [0.717, 1.165) is 0 Å². The minimum atomic E-state index is -0.764. The number of amides is 3. The van der Waals surface area contributed by atoms with Gasteiger partial charge in [-0.2, -0.15) is 0 Å². The zero-order chi connectivity index (χ0) is 22.4. The molecule has 0 aromatic rings. The lowest BCUT2D eigenvalue weighted by molar-refractivity contribution is -0.155. The zero-order valence-corrected chi connectivity index (χ0v) is 19.1. The molecule has 1 aliphatic carbocycles. The molecule has 29 heavy (non-hydrogen) atoms. The number of carbonyl (C=O) groups excluding carboxylic acids is 3. The molecule has 3 amide bonds. The monoisotopic (exact) mass is 407 g/mol. The second kappa shape index (κ2) is 7.65. The fraction of sp³-hybridized carbons (Fsp3) is 0.773. The summed E-state index contributed by atoms with van der Waals surface area (Å²) in [7, 11) is 0. The number of likely N-dealkylation sites (tertiary alicyclic amines) is 1. The normalized spacial score (nSPS) is 26.2. The van der Waals surface area contributed by atoms with E-state index in [1.165, 1.54) is 6.08 Å². The lowest BCUT2D eigenvalue weighted by Crippen LogP contribution is -2.60. The van der Waals surface area contributed by atoms with Crippen LogP contribution in [0.2, 0.25) is 0 Å². The molecule has 0 spiro atoms. The van der Waals surface area contributed by atoms with Gasteiger partial charge in [0.05, 0.1) is 0 Å². The summed E-state index contributed by atoms with van der Waals surface area (Å²) in [4.78, 5) is 40.4. The number of piperidine rings is 1. The first-order valence-electron chi connectivity index (χ1n) is 10.3. The van der Waals surface area contributed by atoms with Crippen molar-refractivity contribution < 1.29 is 19.1 Å². The molecule has 2 rings (SSSR count). The van der Waals surface area contributed by atoms with Crippen LogP contribution in [0.15, 0.2) is 12.7 Å². The van der Waals surface area contributed by atoms with E-state index in [4.69, 9.17) is 4.74 Å². The molecule has 0 aromatic heterocycles. The second-order valence-corrected chi connectivity index (χ2v) is 11.0. The smallest absolute Gasteiger partial charge is 0.329 e. The summed E-state index contributed by atoms with van der Waals surface area (Å²) >= 11 is 0. The third kappa shape index (κ3) is 4.93. The van der Waals surface area contributed by atoms with E-state index in [1.807, 2.05) is 41.5 Å². The van der Waals surface area contributed by atoms with Gasteiger partial charge < -0.3 is 20.3 Å². The number of fused-ring (bicyclic) bond motifs is 1. The van der Waals surface area contributed by atoms with Crippen LogP contribution < -0.4 is 10.6 Å². The number of esters is 1. The maximum Gasteiger partial charge on any atom is 0.329 e. The van der Waals surface area contributed by atoms with Gasteiger partial charge in [-0.15, -0.1) is 0 Å². The molecule has 1 aliphatic heterocycles. The molecule has 7 heteroatoms. The topological polar surface area (TPSA) is 87.7 Å². The number of hydrogen-bond donors (Lipinski definition) is 2. The van der Waals surface area contributed by atoms with Crippen LogP contribution in [0.3, 0.4) is 0 Å². The Hall–Kier alpha value is -2.05. The predicted octanol–water partition coefficient (Wildman–Crippen LogP) is 2.71. The van der Waals surface area contributed by atoms with Gasteiger partial charge >= 0.3 is 12.0 Å². The number of carbonyl (C=O) groups is 3. The Balaban J connectivity index is 2.24. The maximum absolute atomic E-state index is 13.5. The van der Waals surface area contributed by atoms with Crippen LogP contribution in [0, 0.1) is 22.7 Å². The van der Waals surface area contributed by atoms with Gasteiger partial charge in [0.15, 0.2) is 0 Å². The van der Waals surface area contributed by atoms with Crippen LogP contribution in [0.4, 0.5) is 4.79 Å². The highest BCUT2D eigenvalue weighted by Crippen LogP contribution is 2.65. The average molecular weight is 408 g/mol.